The van der Waals surface area contributed by atoms with E-state index in [9.17, 15) is 4.39 Å². The van der Waals surface area contributed by atoms with Crippen molar-refractivity contribution in [2.75, 3.05) is 0 Å². The third-order valence-electron chi connectivity index (χ3n) is 2.21. The summed E-state index contributed by atoms with van der Waals surface area (Å²) in [5, 5.41) is 3.66. The van der Waals surface area contributed by atoms with Gasteiger partial charge in [-0.25, -0.2) is 9.37 Å². The van der Waals surface area contributed by atoms with E-state index in [0.29, 0.717) is 5.25 Å². The van der Waals surface area contributed by atoms with Crippen molar-refractivity contribution < 1.29 is 4.39 Å². The molecule has 1 aromatic heterocycles. The smallest absolute Gasteiger partial charge is 0.123 e. The summed E-state index contributed by atoms with van der Waals surface area (Å²) < 4.78 is 12.8. The van der Waals surface area contributed by atoms with Crippen LogP contribution >= 0.6 is 23.1 Å². The van der Waals surface area contributed by atoms with Gasteiger partial charge in [-0.1, -0.05) is 13.8 Å². The highest BCUT2D eigenvalue weighted by Gasteiger charge is 2.05. The molecule has 90 valence electrons. The average molecular weight is 267 g/mol. The quantitative estimate of drug-likeness (QED) is 0.803. The summed E-state index contributed by atoms with van der Waals surface area (Å²) in [5.41, 5.74) is 2.09. The first-order valence-electron chi connectivity index (χ1n) is 5.47. The molecular weight excluding hydrogens is 253 g/mol. The van der Waals surface area contributed by atoms with E-state index in [4.69, 9.17) is 0 Å². The molecule has 17 heavy (non-hydrogen) atoms. The SMILES string of the molecule is CC(C)SCc1csc(-c2ccc(F)cc2)n1. The summed E-state index contributed by atoms with van der Waals surface area (Å²) in [4.78, 5) is 4.56. The van der Waals surface area contributed by atoms with E-state index in [-0.39, 0.29) is 5.82 Å². The largest absolute Gasteiger partial charge is 0.240 e. The number of aromatic nitrogens is 1. The first-order chi connectivity index (χ1) is 8.15. The molecule has 1 aromatic carbocycles. The van der Waals surface area contributed by atoms with Crippen LogP contribution in [-0.2, 0) is 5.75 Å². The van der Waals surface area contributed by atoms with Gasteiger partial charge in [0.25, 0.3) is 0 Å². The zero-order chi connectivity index (χ0) is 12.3. The Balaban J connectivity index is 2.10. The highest BCUT2D eigenvalue weighted by Crippen LogP contribution is 2.26. The summed E-state index contributed by atoms with van der Waals surface area (Å²) in [5.74, 6) is 0.732. The molecule has 2 rings (SSSR count). The Kier molecular flexibility index (Phi) is 4.18. The minimum absolute atomic E-state index is 0.208. The van der Waals surface area contributed by atoms with Gasteiger partial charge in [0.05, 0.1) is 5.69 Å². The molecule has 0 aliphatic rings. The van der Waals surface area contributed by atoms with Crippen molar-refractivity contribution >= 4 is 23.1 Å². The van der Waals surface area contributed by atoms with Crippen LogP contribution in [0.15, 0.2) is 29.6 Å². The lowest BCUT2D eigenvalue weighted by atomic mass is 10.2. The van der Waals surface area contributed by atoms with Crippen LogP contribution in [0.25, 0.3) is 10.6 Å². The van der Waals surface area contributed by atoms with Gasteiger partial charge in [0.15, 0.2) is 0 Å². The molecule has 0 fully saturated rings. The molecule has 1 nitrogen and oxygen atoms in total. The topological polar surface area (TPSA) is 12.9 Å². The number of hydrogen-bond donors (Lipinski definition) is 0. The molecule has 2 aromatic rings. The van der Waals surface area contributed by atoms with Gasteiger partial charge < -0.3 is 0 Å². The predicted molar refractivity (Wildman–Crippen MR) is 73.9 cm³/mol. The first kappa shape index (κ1) is 12.6. The molecule has 0 saturated heterocycles. The normalized spacial score (nSPS) is 11.1. The van der Waals surface area contributed by atoms with Gasteiger partial charge in [-0.3, -0.25) is 0 Å². The first-order valence-corrected chi connectivity index (χ1v) is 7.40. The number of nitrogens with zero attached hydrogens (tertiary/aromatic N) is 1. The van der Waals surface area contributed by atoms with E-state index in [1.807, 2.05) is 11.8 Å². The van der Waals surface area contributed by atoms with Crippen molar-refractivity contribution in [3.63, 3.8) is 0 Å². The summed E-state index contributed by atoms with van der Waals surface area (Å²) in [6.45, 7) is 4.36. The zero-order valence-corrected chi connectivity index (χ0v) is 11.4. The van der Waals surface area contributed by atoms with E-state index in [0.717, 1.165) is 22.0 Å². The lowest BCUT2D eigenvalue weighted by Gasteiger charge is -2.01. The summed E-state index contributed by atoms with van der Waals surface area (Å²) in [6, 6.07) is 6.49. The van der Waals surface area contributed by atoms with Gasteiger partial charge in [0.1, 0.15) is 10.8 Å². The minimum atomic E-state index is -0.208. The van der Waals surface area contributed by atoms with Crippen LogP contribution in [0, 0.1) is 5.82 Å². The number of benzene rings is 1. The number of rotatable bonds is 4. The van der Waals surface area contributed by atoms with Crippen molar-refractivity contribution in [3.8, 4) is 10.6 Å². The van der Waals surface area contributed by atoms with Crippen molar-refractivity contribution in [1.29, 1.82) is 0 Å². The van der Waals surface area contributed by atoms with Gasteiger partial charge in [-0.2, -0.15) is 11.8 Å². The van der Waals surface area contributed by atoms with Crippen molar-refractivity contribution in [3.05, 3.63) is 41.2 Å². The van der Waals surface area contributed by atoms with Gasteiger partial charge in [-0.05, 0) is 29.5 Å². The van der Waals surface area contributed by atoms with Crippen LogP contribution in [0.5, 0.6) is 0 Å². The fraction of sp³-hybridized carbons (Fsp3) is 0.308. The fourth-order valence-electron chi connectivity index (χ4n) is 1.35. The maximum atomic E-state index is 12.8. The molecule has 0 saturated carbocycles. The van der Waals surface area contributed by atoms with Crippen LogP contribution in [-0.4, -0.2) is 10.2 Å². The zero-order valence-electron chi connectivity index (χ0n) is 9.81. The Morgan fingerprint density at radius 3 is 2.65 bits per heavy atom. The third kappa shape index (κ3) is 3.54. The van der Waals surface area contributed by atoms with Gasteiger partial charge in [-0.15, -0.1) is 11.3 Å². The maximum Gasteiger partial charge on any atom is 0.123 e. The van der Waals surface area contributed by atoms with Crippen LogP contribution in [0.2, 0.25) is 0 Å². The van der Waals surface area contributed by atoms with Gasteiger partial charge in [0, 0.05) is 16.7 Å². The van der Waals surface area contributed by atoms with E-state index >= 15 is 0 Å². The Morgan fingerprint density at radius 1 is 1.29 bits per heavy atom. The molecule has 0 unspecified atom stereocenters. The molecule has 0 radical (unpaired) electrons. The standard InChI is InChI=1S/C13H14FNS2/c1-9(2)16-7-12-8-17-13(15-12)10-3-5-11(14)6-4-10/h3-6,8-9H,7H2,1-2H3. The second-order valence-corrected chi connectivity index (χ2v) is 6.43. The maximum absolute atomic E-state index is 12.8. The molecule has 0 spiro atoms. The molecule has 0 bridgehead atoms. The number of hydrogen-bond acceptors (Lipinski definition) is 3. The number of halogens is 1. The van der Waals surface area contributed by atoms with Crippen LogP contribution in [0.1, 0.15) is 19.5 Å². The predicted octanol–water partition coefficient (Wildman–Crippen LogP) is 4.59. The van der Waals surface area contributed by atoms with Crippen LogP contribution in [0.4, 0.5) is 4.39 Å². The van der Waals surface area contributed by atoms with Crippen LogP contribution in [0.3, 0.4) is 0 Å². The summed E-state index contributed by atoms with van der Waals surface area (Å²) in [7, 11) is 0. The molecule has 0 N–H and O–H groups in total. The second-order valence-electron chi connectivity index (χ2n) is 4.01. The second kappa shape index (κ2) is 5.65. The van der Waals surface area contributed by atoms with Crippen molar-refractivity contribution in [1.82, 2.24) is 4.98 Å². The van der Waals surface area contributed by atoms with Crippen LogP contribution < -0.4 is 0 Å². The Hall–Kier alpha value is -0.870. The minimum Gasteiger partial charge on any atom is -0.240 e. The Bertz CT molecular complexity index is 476. The monoisotopic (exact) mass is 267 g/mol. The highest BCUT2D eigenvalue weighted by atomic mass is 32.2. The molecule has 0 atom stereocenters. The van der Waals surface area contributed by atoms with E-state index in [1.54, 1.807) is 23.5 Å². The molecule has 4 heteroatoms. The number of thioether (sulfide) groups is 1. The Labute approximate surface area is 109 Å². The van der Waals surface area contributed by atoms with E-state index in [1.165, 1.54) is 12.1 Å². The van der Waals surface area contributed by atoms with E-state index < -0.39 is 0 Å². The molecular formula is C13H14FNS2. The average Bonchev–Trinajstić information content (AvgIpc) is 2.76. The number of thiazole rings is 1. The molecule has 1 heterocycles. The van der Waals surface area contributed by atoms with Crippen molar-refractivity contribution in [2.24, 2.45) is 0 Å². The lowest BCUT2D eigenvalue weighted by molar-refractivity contribution is 0.628. The van der Waals surface area contributed by atoms with Gasteiger partial charge in [0.2, 0.25) is 0 Å². The van der Waals surface area contributed by atoms with E-state index in [2.05, 4.69) is 24.2 Å². The molecule has 0 aliphatic carbocycles. The van der Waals surface area contributed by atoms with Gasteiger partial charge >= 0.3 is 0 Å². The summed E-state index contributed by atoms with van der Waals surface area (Å²) in [6.07, 6.45) is 0. The molecule has 0 amide bonds. The fourth-order valence-corrected chi connectivity index (χ4v) is 2.93. The van der Waals surface area contributed by atoms with Crippen molar-refractivity contribution in [2.45, 2.75) is 24.9 Å². The Morgan fingerprint density at radius 2 is 2.00 bits per heavy atom. The highest BCUT2D eigenvalue weighted by molar-refractivity contribution is 7.99. The third-order valence-corrected chi connectivity index (χ3v) is 4.28. The summed E-state index contributed by atoms with van der Waals surface area (Å²) >= 11 is 3.49. The molecule has 0 aliphatic heterocycles. The lowest BCUT2D eigenvalue weighted by Crippen LogP contribution is -1.89.